The summed E-state index contributed by atoms with van der Waals surface area (Å²) in [5.41, 5.74) is 4.86. The maximum atomic E-state index is 10.8. The van der Waals surface area contributed by atoms with Crippen LogP contribution in [0.1, 0.15) is 10.8 Å². The van der Waals surface area contributed by atoms with Gasteiger partial charge in [0.25, 0.3) is 0 Å². The number of hydrogen-bond donors (Lipinski definition) is 1. The normalized spacial score (nSPS) is 12.6. The molecule has 1 rings (SSSR count). The quantitative estimate of drug-likeness (QED) is 0.482. The fraction of sp³-hybridized carbons (Fsp3) is 0.125. The van der Waals surface area contributed by atoms with Crippen LogP contribution in [0, 0.1) is 0 Å². The van der Waals surface area contributed by atoms with Gasteiger partial charge in [-0.1, -0.05) is 23.7 Å². The molecule has 0 spiro atoms. The number of hydrogen-bond acceptors (Lipinski definition) is 4. The van der Waals surface area contributed by atoms with E-state index in [4.69, 9.17) is 17.3 Å². The average Bonchev–Trinajstić information content (AvgIpc) is 2.05. The number of carbonyl (C=O) groups excluding carboxylic acids is 1. The number of carbonyl (C=O) groups is 1. The zero-order chi connectivity index (χ0) is 11.6. The Morgan fingerprint density at radius 3 is 2.06 bits per heavy atom. The van der Waals surface area contributed by atoms with Crippen molar-refractivity contribution in [2.24, 2.45) is 5.73 Å². The van der Waals surface area contributed by atoms with Crippen LogP contribution in [0.15, 0.2) is 24.3 Å². The third kappa shape index (κ3) is 4.04. The van der Waals surface area contributed by atoms with Gasteiger partial charge in [-0.05, 0) is 17.7 Å². The first kappa shape index (κ1) is 15.9. The topological polar surface area (TPSA) is 100 Å². The van der Waals surface area contributed by atoms with Gasteiger partial charge in [-0.3, -0.25) is 4.79 Å². The molecule has 1 aromatic carbocycles. The molecule has 1 unspecified atom stereocenters. The van der Waals surface area contributed by atoms with Gasteiger partial charge in [-0.25, -0.2) is 8.42 Å². The Balaban J connectivity index is 0.00000225. The predicted molar refractivity (Wildman–Crippen MR) is 53.1 cm³/mol. The summed E-state index contributed by atoms with van der Waals surface area (Å²) in [4.78, 5) is 10.8. The molecule has 82 valence electrons. The molecular formula is C8H7ClNNaO4S. The van der Waals surface area contributed by atoms with Gasteiger partial charge in [0.1, 0.15) is 10.1 Å². The summed E-state index contributed by atoms with van der Waals surface area (Å²) in [7, 11) is -4.80. The van der Waals surface area contributed by atoms with Crippen LogP contribution in [-0.2, 0) is 14.9 Å². The van der Waals surface area contributed by atoms with Crippen LogP contribution in [-0.4, -0.2) is 18.9 Å². The Labute approximate surface area is 120 Å². The minimum Gasteiger partial charge on any atom is -0.747 e. The van der Waals surface area contributed by atoms with Gasteiger partial charge in [0.15, 0.2) is 5.25 Å². The molecule has 0 aromatic heterocycles. The first-order valence-electron chi connectivity index (χ1n) is 3.82. The largest absolute Gasteiger partial charge is 1.00 e. The SMILES string of the molecule is NC(=O)C(c1ccc(Cl)cc1)S(=O)(=O)[O-].[Na+]. The van der Waals surface area contributed by atoms with Crippen LogP contribution < -0.4 is 35.3 Å². The summed E-state index contributed by atoms with van der Waals surface area (Å²) in [6, 6.07) is 5.29. The van der Waals surface area contributed by atoms with Crippen molar-refractivity contribution in [3.05, 3.63) is 34.9 Å². The molecule has 2 N–H and O–H groups in total. The maximum Gasteiger partial charge on any atom is 1.00 e. The standard InChI is InChI=1S/C8H8ClNO4S.Na/c9-6-3-1-5(2-4-6)7(8(10)11)15(12,13)14;/h1-4,7H,(H2,10,11)(H,12,13,14);/q;+1/p-1. The smallest absolute Gasteiger partial charge is 0.747 e. The minimum atomic E-state index is -4.80. The van der Waals surface area contributed by atoms with Crippen molar-refractivity contribution in [1.29, 1.82) is 0 Å². The van der Waals surface area contributed by atoms with Crippen LogP contribution in [0.25, 0.3) is 0 Å². The maximum absolute atomic E-state index is 10.8. The summed E-state index contributed by atoms with van der Waals surface area (Å²) in [6.07, 6.45) is 0. The summed E-state index contributed by atoms with van der Waals surface area (Å²) < 4.78 is 32.3. The van der Waals surface area contributed by atoms with Crippen molar-refractivity contribution in [2.45, 2.75) is 5.25 Å². The van der Waals surface area contributed by atoms with Gasteiger partial charge in [-0.2, -0.15) is 0 Å². The second kappa shape index (κ2) is 6.00. The molecule has 0 bridgehead atoms. The molecule has 0 heterocycles. The molecule has 0 radical (unpaired) electrons. The summed E-state index contributed by atoms with van der Waals surface area (Å²) in [5.74, 6) is -1.20. The number of benzene rings is 1. The van der Waals surface area contributed by atoms with Crippen molar-refractivity contribution in [3.63, 3.8) is 0 Å². The van der Waals surface area contributed by atoms with Crippen LogP contribution >= 0.6 is 11.6 Å². The van der Waals surface area contributed by atoms with Crippen LogP contribution in [0.2, 0.25) is 5.02 Å². The molecule has 0 aliphatic heterocycles. The number of halogens is 1. The number of primary amides is 1. The van der Waals surface area contributed by atoms with E-state index in [1.54, 1.807) is 0 Å². The van der Waals surface area contributed by atoms with E-state index in [0.717, 1.165) is 0 Å². The van der Waals surface area contributed by atoms with E-state index in [0.29, 0.717) is 5.02 Å². The first-order chi connectivity index (χ1) is 6.82. The fourth-order valence-electron chi connectivity index (χ4n) is 1.11. The Kier molecular flexibility index (Phi) is 5.95. The van der Waals surface area contributed by atoms with Crippen LogP contribution in [0.4, 0.5) is 0 Å². The number of nitrogens with two attached hydrogens (primary N) is 1. The van der Waals surface area contributed by atoms with Crippen molar-refractivity contribution < 1.29 is 47.3 Å². The Morgan fingerprint density at radius 2 is 1.75 bits per heavy atom. The molecule has 1 aromatic rings. The van der Waals surface area contributed by atoms with Gasteiger partial charge in [0.05, 0.1) is 0 Å². The molecule has 0 aliphatic rings. The average molecular weight is 272 g/mol. The summed E-state index contributed by atoms with van der Waals surface area (Å²) >= 11 is 5.57. The molecule has 1 atom stereocenters. The molecule has 1 amide bonds. The van der Waals surface area contributed by atoms with Gasteiger partial charge < -0.3 is 10.3 Å². The predicted octanol–water partition coefficient (Wildman–Crippen LogP) is -2.58. The summed E-state index contributed by atoms with van der Waals surface area (Å²) in [5, 5.41) is -1.50. The van der Waals surface area contributed by atoms with E-state index in [1.807, 2.05) is 0 Å². The summed E-state index contributed by atoms with van der Waals surface area (Å²) in [6.45, 7) is 0. The first-order valence-corrected chi connectivity index (χ1v) is 5.67. The number of amides is 1. The van der Waals surface area contributed by atoms with E-state index in [-0.39, 0.29) is 35.1 Å². The molecule has 0 fully saturated rings. The van der Waals surface area contributed by atoms with E-state index < -0.39 is 21.3 Å². The zero-order valence-electron chi connectivity index (χ0n) is 8.38. The van der Waals surface area contributed by atoms with Crippen molar-refractivity contribution in [1.82, 2.24) is 0 Å². The molecule has 8 heteroatoms. The molecule has 5 nitrogen and oxygen atoms in total. The Morgan fingerprint density at radius 1 is 1.31 bits per heavy atom. The van der Waals surface area contributed by atoms with E-state index >= 15 is 0 Å². The molecule has 0 saturated carbocycles. The second-order valence-corrected chi connectivity index (χ2v) is 4.72. The molecular weight excluding hydrogens is 265 g/mol. The Hall–Kier alpha value is -0.110. The van der Waals surface area contributed by atoms with E-state index in [9.17, 15) is 17.8 Å². The van der Waals surface area contributed by atoms with Crippen LogP contribution in [0.3, 0.4) is 0 Å². The third-order valence-corrected chi connectivity index (χ3v) is 3.05. The van der Waals surface area contributed by atoms with Gasteiger partial charge in [0.2, 0.25) is 5.91 Å². The van der Waals surface area contributed by atoms with Crippen molar-refractivity contribution in [2.75, 3.05) is 0 Å². The van der Waals surface area contributed by atoms with Gasteiger partial charge in [-0.15, -0.1) is 0 Å². The zero-order valence-corrected chi connectivity index (χ0v) is 12.0. The van der Waals surface area contributed by atoms with E-state index in [1.165, 1.54) is 24.3 Å². The fourth-order valence-corrected chi connectivity index (χ4v) is 2.01. The van der Waals surface area contributed by atoms with Crippen molar-refractivity contribution >= 4 is 27.6 Å². The molecule has 0 aliphatic carbocycles. The van der Waals surface area contributed by atoms with E-state index in [2.05, 4.69) is 0 Å². The molecule has 16 heavy (non-hydrogen) atoms. The van der Waals surface area contributed by atoms with Crippen molar-refractivity contribution in [3.8, 4) is 0 Å². The number of rotatable bonds is 3. The minimum absolute atomic E-state index is 0. The Bertz CT molecular complexity index is 473. The van der Waals surface area contributed by atoms with Crippen LogP contribution in [0.5, 0.6) is 0 Å². The van der Waals surface area contributed by atoms with Gasteiger partial charge in [0, 0.05) is 5.02 Å². The second-order valence-electron chi connectivity index (χ2n) is 2.83. The third-order valence-electron chi connectivity index (χ3n) is 1.72. The molecule has 0 saturated heterocycles. The van der Waals surface area contributed by atoms with Gasteiger partial charge >= 0.3 is 29.6 Å². The monoisotopic (exact) mass is 271 g/mol.